The number of hydrogen-bond donors (Lipinski definition) is 1. The molecular weight excluding hydrogens is 244 g/mol. The van der Waals surface area contributed by atoms with Gasteiger partial charge in [0.15, 0.2) is 0 Å². The van der Waals surface area contributed by atoms with Gasteiger partial charge < -0.3 is 5.32 Å². The molecule has 0 bridgehead atoms. The molecule has 112 valence electrons. The molecule has 0 saturated heterocycles. The van der Waals surface area contributed by atoms with E-state index in [1.807, 2.05) is 0 Å². The third-order valence-electron chi connectivity index (χ3n) is 3.61. The van der Waals surface area contributed by atoms with E-state index in [0.717, 1.165) is 24.7 Å². The van der Waals surface area contributed by atoms with E-state index in [4.69, 9.17) is 0 Å². The molecule has 1 atom stereocenters. The topological polar surface area (TPSA) is 15.3 Å². The van der Waals surface area contributed by atoms with Gasteiger partial charge in [-0.2, -0.15) is 0 Å². The Morgan fingerprint density at radius 1 is 1.30 bits per heavy atom. The molecule has 20 heavy (non-hydrogen) atoms. The summed E-state index contributed by atoms with van der Waals surface area (Å²) in [5, 5.41) is 3.19. The van der Waals surface area contributed by atoms with E-state index in [1.165, 1.54) is 30.5 Å². The maximum absolute atomic E-state index is 3.73. The van der Waals surface area contributed by atoms with Gasteiger partial charge in [-0.1, -0.05) is 39.8 Å². The molecule has 0 aliphatic rings. The highest BCUT2D eigenvalue weighted by atomic mass is 15.1. The molecule has 1 aromatic rings. The van der Waals surface area contributed by atoms with Crippen LogP contribution in [0.1, 0.15) is 44.7 Å². The molecule has 0 heterocycles. The van der Waals surface area contributed by atoms with Crippen LogP contribution in [0.4, 0.5) is 5.69 Å². The van der Waals surface area contributed by atoms with Crippen LogP contribution < -0.4 is 5.32 Å². The maximum Gasteiger partial charge on any atom is 0.0385 e. The number of anilines is 1. The number of rotatable bonds is 9. The molecule has 1 rings (SSSR count). The minimum Gasteiger partial charge on any atom is -0.362 e. The molecular formula is C18H30N2. The van der Waals surface area contributed by atoms with Crippen LogP contribution >= 0.6 is 0 Å². The molecule has 0 aromatic heterocycles. The largest absolute Gasteiger partial charge is 0.362 e. The van der Waals surface area contributed by atoms with Crippen LogP contribution in [-0.4, -0.2) is 18.0 Å². The van der Waals surface area contributed by atoms with Crippen LogP contribution in [0, 0.1) is 12.8 Å². The fourth-order valence-electron chi connectivity index (χ4n) is 2.74. The van der Waals surface area contributed by atoms with E-state index >= 15 is 0 Å². The summed E-state index contributed by atoms with van der Waals surface area (Å²) >= 11 is 0. The van der Waals surface area contributed by atoms with Crippen molar-refractivity contribution in [2.45, 2.75) is 47.1 Å². The highest BCUT2D eigenvalue weighted by Crippen LogP contribution is 2.17. The first-order valence-electron chi connectivity index (χ1n) is 7.79. The van der Waals surface area contributed by atoms with Gasteiger partial charge in [0.25, 0.3) is 0 Å². The summed E-state index contributed by atoms with van der Waals surface area (Å²) < 4.78 is 0. The second-order valence-corrected chi connectivity index (χ2v) is 5.78. The number of nitrogens with zero attached hydrogens (tertiary/aromatic N) is 1. The molecule has 2 nitrogen and oxygen atoms in total. The molecule has 0 aliphatic carbocycles. The van der Waals surface area contributed by atoms with Crippen LogP contribution in [0.5, 0.6) is 0 Å². The van der Waals surface area contributed by atoms with E-state index in [2.05, 4.69) is 62.7 Å². The van der Waals surface area contributed by atoms with Crippen molar-refractivity contribution < 1.29 is 0 Å². The lowest BCUT2D eigenvalue weighted by Crippen LogP contribution is -2.28. The predicted molar refractivity (Wildman–Crippen MR) is 90.0 cm³/mol. The van der Waals surface area contributed by atoms with Crippen molar-refractivity contribution in [1.82, 2.24) is 4.90 Å². The molecule has 0 fully saturated rings. The molecule has 0 saturated carbocycles. The first-order valence-corrected chi connectivity index (χ1v) is 7.79. The van der Waals surface area contributed by atoms with Crippen molar-refractivity contribution in [1.29, 1.82) is 0 Å². The van der Waals surface area contributed by atoms with Gasteiger partial charge >= 0.3 is 0 Å². The fraction of sp³-hybridized carbons (Fsp3) is 0.556. The summed E-state index contributed by atoms with van der Waals surface area (Å²) in [7, 11) is 0. The number of hydrogen-bond acceptors (Lipinski definition) is 2. The predicted octanol–water partition coefficient (Wildman–Crippen LogP) is 4.81. The zero-order valence-electron chi connectivity index (χ0n) is 13.6. The van der Waals surface area contributed by atoms with Gasteiger partial charge in [0.2, 0.25) is 0 Å². The standard InChI is InChI=1S/C18H30N2/c1-6-9-15(4)13-20(8-3)14-17-10-16(5)11-18(12-17)19-7-2/h7,10-12,15,19H,2,6,8-9,13-14H2,1,3-5H3. The summed E-state index contributed by atoms with van der Waals surface area (Å²) in [4.78, 5) is 2.53. The third-order valence-corrected chi connectivity index (χ3v) is 3.61. The summed E-state index contributed by atoms with van der Waals surface area (Å²) in [6.07, 6.45) is 4.32. The Balaban J connectivity index is 2.71. The molecule has 1 unspecified atom stereocenters. The van der Waals surface area contributed by atoms with Gasteiger partial charge in [-0.05, 0) is 55.3 Å². The van der Waals surface area contributed by atoms with Crippen LogP contribution in [0.2, 0.25) is 0 Å². The van der Waals surface area contributed by atoms with Gasteiger partial charge in [0, 0.05) is 18.8 Å². The second kappa shape index (κ2) is 8.80. The lowest BCUT2D eigenvalue weighted by molar-refractivity contribution is 0.234. The molecule has 0 spiro atoms. The molecule has 0 radical (unpaired) electrons. The monoisotopic (exact) mass is 274 g/mol. The summed E-state index contributed by atoms with van der Waals surface area (Å²) in [6, 6.07) is 6.66. The van der Waals surface area contributed by atoms with Crippen molar-refractivity contribution in [2.24, 2.45) is 5.92 Å². The Hall–Kier alpha value is -1.28. The summed E-state index contributed by atoms with van der Waals surface area (Å²) in [5.41, 5.74) is 3.80. The Kier molecular flexibility index (Phi) is 7.38. The summed E-state index contributed by atoms with van der Waals surface area (Å²) in [6.45, 7) is 16.1. The van der Waals surface area contributed by atoms with Gasteiger partial charge in [0.05, 0.1) is 0 Å². The molecule has 1 aromatic carbocycles. The minimum absolute atomic E-state index is 0.774. The smallest absolute Gasteiger partial charge is 0.0385 e. The average molecular weight is 274 g/mol. The quantitative estimate of drug-likeness (QED) is 0.695. The van der Waals surface area contributed by atoms with Gasteiger partial charge in [-0.3, -0.25) is 4.90 Å². The highest BCUT2D eigenvalue weighted by molar-refractivity contribution is 5.50. The molecule has 0 aliphatic heterocycles. The van der Waals surface area contributed by atoms with E-state index in [9.17, 15) is 0 Å². The van der Waals surface area contributed by atoms with Crippen molar-refractivity contribution in [3.8, 4) is 0 Å². The first-order chi connectivity index (χ1) is 9.58. The third kappa shape index (κ3) is 5.79. The van der Waals surface area contributed by atoms with E-state index in [1.54, 1.807) is 6.20 Å². The van der Waals surface area contributed by atoms with E-state index < -0.39 is 0 Å². The van der Waals surface area contributed by atoms with Crippen LogP contribution in [0.15, 0.2) is 31.0 Å². The van der Waals surface area contributed by atoms with Gasteiger partial charge in [-0.25, -0.2) is 0 Å². The Labute approximate surface area is 124 Å². The summed E-state index contributed by atoms with van der Waals surface area (Å²) in [5.74, 6) is 0.774. The number of aryl methyl sites for hydroxylation is 1. The second-order valence-electron chi connectivity index (χ2n) is 5.78. The van der Waals surface area contributed by atoms with Gasteiger partial charge in [0.1, 0.15) is 0 Å². The number of benzene rings is 1. The Morgan fingerprint density at radius 2 is 2.05 bits per heavy atom. The average Bonchev–Trinajstić information content (AvgIpc) is 2.38. The van der Waals surface area contributed by atoms with Crippen LogP contribution in [0.3, 0.4) is 0 Å². The zero-order chi connectivity index (χ0) is 15.0. The van der Waals surface area contributed by atoms with E-state index in [0.29, 0.717) is 0 Å². The van der Waals surface area contributed by atoms with Gasteiger partial charge in [-0.15, -0.1) is 0 Å². The van der Waals surface area contributed by atoms with E-state index in [-0.39, 0.29) is 0 Å². The molecule has 1 N–H and O–H groups in total. The molecule has 0 amide bonds. The Morgan fingerprint density at radius 3 is 2.65 bits per heavy atom. The Bertz CT molecular complexity index is 412. The van der Waals surface area contributed by atoms with Crippen molar-refractivity contribution in [2.75, 3.05) is 18.4 Å². The molecule has 2 heteroatoms. The normalized spacial score (nSPS) is 12.4. The number of nitrogens with one attached hydrogen (secondary N) is 1. The lowest BCUT2D eigenvalue weighted by atomic mass is 10.0. The van der Waals surface area contributed by atoms with Crippen LogP contribution in [0.25, 0.3) is 0 Å². The fourth-order valence-corrected chi connectivity index (χ4v) is 2.74. The maximum atomic E-state index is 3.73. The minimum atomic E-state index is 0.774. The van der Waals surface area contributed by atoms with Crippen molar-refractivity contribution >= 4 is 5.69 Å². The van der Waals surface area contributed by atoms with Crippen molar-refractivity contribution in [3.63, 3.8) is 0 Å². The highest BCUT2D eigenvalue weighted by Gasteiger charge is 2.09. The van der Waals surface area contributed by atoms with Crippen molar-refractivity contribution in [3.05, 3.63) is 42.1 Å². The zero-order valence-corrected chi connectivity index (χ0v) is 13.6. The first kappa shape index (κ1) is 16.8. The lowest BCUT2D eigenvalue weighted by Gasteiger charge is -2.24. The van der Waals surface area contributed by atoms with Crippen LogP contribution in [-0.2, 0) is 6.54 Å². The SMILES string of the molecule is C=CNc1cc(C)cc(CN(CC)CC(C)CCC)c1.